The molecule has 0 saturated carbocycles. The molecule has 22 heavy (non-hydrogen) atoms. The SMILES string of the molecule is CN(C)C1CCCN(c2ccc([N+](=O)[O-])cc2C(F)(F)F)C1. The quantitative estimate of drug-likeness (QED) is 0.635. The lowest BCUT2D eigenvalue weighted by atomic mass is 10.0. The van der Waals surface area contributed by atoms with Crippen LogP contribution in [0, 0.1) is 10.1 Å². The van der Waals surface area contributed by atoms with Gasteiger partial charge in [-0.25, -0.2) is 0 Å². The highest BCUT2D eigenvalue weighted by Crippen LogP contribution is 2.39. The Hall–Kier alpha value is -1.83. The van der Waals surface area contributed by atoms with Gasteiger partial charge in [-0.05, 0) is 33.0 Å². The lowest BCUT2D eigenvalue weighted by Gasteiger charge is -2.38. The van der Waals surface area contributed by atoms with Crippen LogP contribution in [0.2, 0.25) is 0 Å². The molecule has 0 spiro atoms. The Labute approximate surface area is 126 Å². The zero-order chi connectivity index (χ0) is 16.5. The summed E-state index contributed by atoms with van der Waals surface area (Å²) in [6, 6.07) is 3.13. The molecule has 0 bridgehead atoms. The summed E-state index contributed by atoms with van der Waals surface area (Å²) >= 11 is 0. The topological polar surface area (TPSA) is 49.6 Å². The van der Waals surface area contributed by atoms with Crippen LogP contribution in [0.1, 0.15) is 18.4 Å². The van der Waals surface area contributed by atoms with E-state index in [0.717, 1.165) is 18.9 Å². The number of likely N-dealkylation sites (N-methyl/N-ethyl adjacent to an activating group) is 1. The number of non-ortho nitro benzene ring substituents is 1. The molecule has 0 aromatic heterocycles. The predicted molar refractivity (Wildman–Crippen MR) is 77.0 cm³/mol. The van der Waals surface area contributed by atoms with Crippen LogP contribution in [0.5, 0.6) is 0 Å². The lowest BCUT2D eigenvalue weighted by molar-refractivity contribution is -0.385. The van der Waals surface area contributed by atoms with E-state index in [4.69, 9.17) is 0 Å². The molecule has 1 aromatic carbocycles. The number of benzene rings is 1. The number of hydrogen-bond acceptors (Lipinski definition) is 4. The maximum absolute atomic E-state index is 13.2. The van der Waals surface area contributed by atoms with Gasteiger partial charge in [-0.15, -0.1) is 0 Å². The number of nitrogens with zero attached hydrogens (tertiary/aromatic N) is 3. The Balaban J connectivity index is 2.39. The summed E-state index contributed by atoms with van der Waals surface area (Å²) in [5.41, 5.74) is -1.47. The molecule has 2 rings (SSSR count). The van der Waals surface area contributed by atoms with Crippen molar-refractivity contribution in [2.75, 3.05) is 32.1 Å². The number of piperidine rings is 1. The third-order valence-corrected chi connectivity index (χ3v) is 3.96. The van der Waals surface area contributed by atoms with Gasteiger partial charge in [-0.1, -0.05) is 0 Å². The Morgan fingerprint density at radius 3 is 2.59 bits per heavy atom. The van der Waals surface area contributed by atoms with Crippen molar-refractivity contribution in [3.63, 3.8) is 0 Å². The number of rotatable bonds is 3. The van der Waals surface area contributed by atoms with Gasteiger partial charge in [0, 0.05) is 37.0 Å². The number of halogens is 3. The van der Waals surface area contributed by atoms with E-state index in [1.807, 2.05) is 19.0 Å². The fourth-order valence-corrected chi connectivity index (χ4v) is 2.74. The maximum atomic E-state index is 13.2. The summed E-state index contributed by atoms with van der Waals surface area (Å²) in [6.45, 7) is 0.999. The first kappa shape index (κ1) is 16.5. The molecule has 0 N–H and O–H groups in total. The van der Waals surface area contributed by atoms with Crippen molar-refractivity contribution < 1.29 is 18.1 Å². The highest BCUT2D eigenvalue weighted by atomic mass is 19.4. The van der Waals surface area contributed by atoms with E-state index in [1.54, 1.807) is 4.90 Å². The van der Waals surface area contributed by atoms with E-state index in [9.17, 15) is 23.3 Å². The van der Waals surface area contributed by atoms with Crippen LogP contribution in [-0.2, 0) is 6.18 Å². The van der Waals surface area contributed by atoms with Gasteiger partial charge in [0.2, 0.25) is 0 Å². The van der Waals surface area contributed by atoms with Crippen LogP contribution in [0.3, 0.4) is 0 Å². The second-order valence-corrected chi connectivity index (χ2v) is 5.66. The van der Waals surface area contributed by atoms with E-state index in [2.05, 4.69) is 0 Å². The highest BCUT2D eigenvalue weighted by molar-refractivity contribution is 5.59. The molecule has 1 aromatic rings. The third-order valence-electron chi connectivity index (χ3n) is 3.96. The number of nitro benzene ring substituents is 1. The number of nitro groups is 1. The van der Waals surface area contributed by atoms with Crippen molar-refractivity contribution >= 4 is 11.4 Å². The van der Waals surface area contributed by atoms with Gasteiger partial charge >= 0.3 is 6.18 Å². The normalized spacial score (nSPS) is 19.5. The van der Waals surface area contributed by atoms with Crippen molar-refractivity contribution in [3.05, 3.63) is 33.9 Å². The monoisotopic (exact) mass is 317 g/mol. The number of alkyl halides is 3. The molecule has 1 aliphatic heterocycles. The molecular formula is C14H18F3N3O2. The average Bonchev–Trinajstić information content (AvgIpc) is 2.45. The molecule has 0 aliphatic carbocycles. The standard InChI is InChI=1S/C14H18F3N3O2/c1-18(2)11-4-3-7-19(9-11)13-6-5-10(20(21)22)8-12(13)14(15,16)17/h5-6,8,11H,3-4,7,9H2,1-2H3. The fourth-order valence-electron chi connectivity index (χ4n) is 2.74. The molecule has 1 fully saturated rings. The van der Waals surface area contributed by atoms with Crippen molar-refractivity contribution in [1.82, 2.24) is 4.90 Å². The highest BCUT2D eigenvalue weighted by Gasteiger charge is 2.37. The molecule has 0 amide bonds. The van der Waals surface area contributed by atoms with E-state index in [0.29, 0.717) is 19.2 Å². The van der Waals surface area contributed by atoms with Gasteiger partial charge in [0.15, 0.2) is 0 Å². The average molecular weight is 317 g/mol. The van der Waals surface area contributed by atoms with Crippen LogP contribution in [0.15, 0.2) is 18.2 Å². The Bertz CT molecular complexity index is 561. The van der Waals surface area contributed by atoms with Crippen LogP contribution in [-0.4, -0.2) is 43.0 Å². The minimum absolute atomic E-state index is 0.0182. The largest absolute Gasteiger partial charge is 0.418 e. The van der Waals surface area contributed by atoms with Gasteiger partial charge in [-0.2, -0.15) is 13.2 Å². The van der Waals surface area contributed by atoms with Gasteiger partial charge in [-0.3, -0.25) is 10.1 Å². The summed E-state index contributed by atoms with van der Waals surface area (Å²) in [4.78, 5) is 13.6. The van der Waals surface area contributed by atoms with Crippen LogP contribution in [0.4, 0.5) is 24.5 Å². The molecule has 1 atom stereocenters. The van der Waals surface area contributed by atoms with E-state index in [-0.39, 0.29) is 11.7 Å². The third kappa shape index (κ3) is 3.49. The first-order valence-electron chi connectivity index (χ1n) is 6.97. The fraction of sp³-hybridized carbons (Fsp3) is 0.571. The van der Waals surface area contributed by atoms with E-state index < -0.39 is 22.4 Å². The van der Waals surface area contributed by atoms with E-state index in [1.165, 1.54) is 6.07 Å². The van der Waals surface area contributed by atoms with Gasteiger partial charge in [0.1, 0.15) is 0 Å². The van der Waals surface area contributed by atoms with E-state index >= 15 is 0 Å². The van der Waals surface area contributed by atoms with Crippen molar-refractivity contribution in [1.29, 1.82) is 0 Å². The summed E-state index contributed by atoms with van der Waals surface area (Å²) in [5.74, 6) is 0. The lowest BCUT2D eigenvalue weighted by Crippen LogP contribution is -2.45. The van der Waals surface area contributed by atoms with Crippen molar-refractivity contribution in [2.24, 2.45) is 0 Å². The number of anilines is 1. The smallest absolute Gasteiger partial charge is 0.369 e. The number of hydrogen-bond donors (Lipinski definition) is 0. The molecule has 8 heteroatoms. The minimum Gasteiger partial charge on any atom is -0.369 e. The molecule has 1 saturated heterocycles. The summed E-state index contributed by atoms with van der Waals surface area (Å²) in [5, 5.41) is 10.7. The molecule has 1 aliphatic rings. The van der Waals surface area contributed by atoms with Crippen molar-refractivity contribution in [3.8, 4) is 0 Å². The van der Waals surface area contributed by atoms with Gasteiger partial charge in [0.05, 0.1) is 10.5 Å². The summed E-state index contributed by atoms with van der Waals surface area (Å²) < 4.78 is 39.7. The minimum atomic E-state index is -4.62. The van der Waals surface area contributed by atoms with Gasteiger partial charge in [0.25, 0.3) is 5.69 Å². The molecule has 1 heterocycles. The van der Waals surface area contributed by atoms with Crippen molar-refractivity contribution in [2.45, 2.75) is 25.1 Å². The molecular weight excluding hydrogens is 299 g/mol. The Morgan fingerprint density at radius 2 is 2.05 bits per heavy atom. The van der Waals surface area contributed by atoms with Crippen LogP contribution in [0.25, 0.3) is 0 Å². The van der Waals surface area contributed by atoms with Gasteiger partial charge < -0.3 is 9.80 Å². The second kappa shape index (κ2) is 6.12. The zero-order valence-corrected chi connectivity index (χ0v) is 12.4. The Kier molecular flexibility index (Phi) is 4.60. The summed E-state index contributed by atoms with van der Waals surface area (Å²) in [7, 11) is 3.79. The predicted octanol–water partition coefficient (Wildman–Crippen LogP) is 3.14. The first-order chi connectivity index (χ1) is 10.2. The molecule has 5 nitrogen and oxygen atoms in total. The zero-order valence-electron chi connectivity index (χ0n) is 12.4. The molecule has 0 radical (unpaired) electrons. The molecule has 122 valence electrons. The van der Waals surface area contributed by atoms with Crippen LogP contribution < -0.4 is 4.90 Å². The second-order valence-electron chi connectivity index (χ2n) is 5.66. The van der Waals surface area contributed by atoms with Crippen LogP contribution >= 0.6 is 0 Å². The maximum Gasteiger partial charge on any atom is 0.418 e. The Morgan fingerprint density at radius 1 is 1.36 bits per heavy atom. The summed E-state index contributed by atoms with van der Waals surface area (Å²) in [6.07, 6.45) is -2.90. The first-order valence-corrected chi connectivity index (χ1v) is 6.97. The molecule has 1 unspecified atom stereocenters.